The molecule has 0 aliphatic heterocycles. The second-order valence-electron chi connectivity index (χ2n) is 7.92. The molecule has 32 heavy (non-hydrogen) atoms. The molecule has 0 saturated carbocycles. The van der Waals surface area contributed by atoms with Crippen LogP contribution in [-0.2, 0) is 35.5 Å². The standard InChI is InChI=1S/C25H25N3O3S/c1-17-11-13-19(14-12-17)21(29)16-28-20-9-5-6-10-22(20)32-25(28)27-24(31)23(30)26-15-18-7-3-2-4-8-18/h2-4,7-8,11-14H,5-6,9-10,15-16H2,1H3,(H,26,30). The number of hydrogen-bond donors (Lipinski definition) is 1. The molecule has 0 spiro atoms. The van der Waals surface area contributed by atoms with E-state index >= 15 is 0 Å². The topological polar surface area (TPSA) is 80.5 Å². The van der Waals surface area contributed by atoms with E-state index in [1.165, 1.54) is 11.3 Å². The fraction of sp³-hybridized carbons (Fsp3) is 0.280. The number of hydrogen-bond acceptors (Lipinski definition) is 4. The summed E-state index contributed by atoms with van der Waals surface area (Å²) in [5.74, 6) is -1.65. The van der Waals surface area contributed by atoms with Crippen molar-refractivity contribution in [1.82, 2.24) is 9.88 Å². The molecular formula is C25H25N3O3S. The summed E-state index contributed by atoms with van der Waals surface area (Å²) in [6.07, 6.45) is 3.86. The van der Waals surface area contributed by atoms with Gasteiger partial charge in [-0.15, -0.1) is 11.3 Å². The van der Waals surface area contributed by atoms with E-state index in [2.05, 4.69) is 10.3 Å². The maximum Gasteiger partial charge on any atom is 0.337 e. The zero-order chi connectivity index (χ0) is 22.5. The van der Waals surface area contributed by atoms with E-state index in [-0.39, 0.29) is 18.9 Å². The molecule has 0 fully saturated rings. The minimum absolute atomic E-state index is 0.0430. The number of amides is 2. The van der Waals surface area contributed by atoms with E-state index in [0.717, 1.165) is 47.4 Å². The molecule has 0 saturated heterocycles. The molecule has 1 aromatic heterocycles. The Balaban J connectivity index is 1.57. The smallest absolute Gasteiger partial charge is 0.337 e. The lowest BCUT2D eigenvalue weighted by molar-refractivity contribution is -0.137. The fourth-order valence-corrected chi connectivity index (χ4v) is 4.96. The molecule has 4 rings (SSSR count). The molecule has 1 aliphatic carbocycles. The molecule has 1 aliphatic rings. The Labute approximate surface area is 190 Å². The van der Waals surface area contributed by atoms with E-state index in [0.29, 0.717) is 10.4 Å². The number of fused-ring (bicyclic) bond motifs is 1. The Morgan fingerprint density at radius 3 is 2.47 bits per heavy atom. The molecule has 0 unspecified atom stereocenters. The minimum Gasteiger partial charge on any atom is -0.344 e. The monoisotopic (exact) mass is 447 g/mol. The Hall–Kier alpha value is -3.32. The maximum absolute atomic E-state index is 12.9. The van der Waals surface area contributed by atoms with Gasteiger partial charge in [0.25, 0.3) is 0 Å². The third-order valence-corrected chi connectivity index (χ3v) is 6.70. The molecule has 7 heteroatoms. The first kappa shape index (κ1) is 21.9. The van der Waals surface area contributed by atoms with Crippen molar-refractivity contribution in [3.63, 3.8) is 0 Å². The number of thiazole rings is 1. The second-order valence-corrected chi connectivity index (χ2v) is 8.98. The molecule has 6 nitrogen and oxygen atoms in total. The zero-order valence-corrected chi connectivity index (χ0v) is 18.8. The molecule has 164 valence electrons. The van der Waals surface area contributed by atoms with Crippen molar-refractivity contribution in [2.75, 3.05) is 0 Å². The average molecular weight is 448 g/mol. The first-order valence-electron chi connectivity index (χ1n) is 10.7. The first-order valence-corrected chi connectivity index (χ1v) is 11.5. The summed E-state index contributed by atoms with van der Waals surface area (Å²) < 4.78 is 1.82. The average Bonchev–Trinajstić information content (AvgIpc) is 3.15. The molecule has 2 amide bonds. The van der Waals surface area contributed by atoms with Crippen LogP contribution in [0, 0.1) is 6.92 Å². The fourth-order valence-electron chi connectivity index (χ4n) is 3.75. The molecule has 3 aromatic rings. The van der Waals surface area contributed by atoms with Gasteiger partial charge in [0.1, 0.15) is 0 Å². The number of carbonyl (C=O) groups is 3. The van der Waals surface area contributed by atoms with Crippen LogP contribution in [0.15, 0.2) is 59.6 Å². The number of aryl methyl sites for hydroxylation is 2. The minimum atomic E-state index is -0.851. The van der Waals surface area contributed by atoms with Gasteiger partial charge in [-0.2, -0.15) is 4.99 Å². The Bertz CT molecular complexity index is 1210. The number of benzene rings is 2. The van der Waals surface area contributed by atoms with Gasteiger partial charge >= 0.3 is 11.8 Å². The van der Waals surface area contributed by atoms with E-state index in [1.807, 2.05) is 66.1 Å². The Morgan fingerprint density at radius 1 is 1.00 bits per heavy atom. The van der Waals surface area contributed by atoms with Gasteiger partial charge in [0.2, 0.25) is 0 Å². The summed E-state index contributed by atoms with van der Waals surface area (Å²) in [6.45, 7) is 2.34. The summed E-state index contributed by atoms with van der Waals surface area (Å²) in [4.78, 5) is 43.4. The van der Waals surface area contributed by atoms with Crippen molar-refractivity contribution in [3.05, 3.63) is 86.7 Å². The molecule has 1 heterocycles. The van der Waals surface area contributed by atoms with Gasteiger partial charge in [0.05, 0.1) is 6.54 Å². The number of ketones is 1. The first-order chi connectivity index (χ1) is 15.5. The Kier molecular flexibility index (Phi) is 6.75. The number of carbonyl (C=O) groups excluding carboxylic acids is 3. The lowest BCUT2D eigenvalue weighted by Gasteiger charge is -2.14. The van der Waals surface area contributed by atoms with E-state index in [9.17, 15) is 14.4 Å². The van der Waals surface area contributed by atoms with Crippen molar-refractivity contribution >= 4 is 28.9 Å². The summed E-state index contributed by atoms with van der Waals surface area (Å²) >= 11 is 1.41. The van der Waals surface area contributed by atoms with Crippen molar-refractivity contribution in [3.8, 4) is 0 Å². The second kappa shape index (κ2) is 9.87. The lowest BCUT2D eigenvalue weighted by atomic mass is 10.0. The summed E-state index contributed by atoms with van der Waals surface area (Å²) in [5.41, 5.74) is 3.67. The van der Waals surface area contributed by atoms with Crippen LogP contribution in [-0.4, -0.2) is 22.2 Å². The van der Waals surface area contributed by atoms with Crippen molar-refractivity contribution in [2.24, 2.45) is 4.99 Å². The largest absolute Gasteiger partial charge is 0.344 e. The van der Waals surface area contributed by atoms with Crippen molar-refractivity contribution in [1.29, 1.82) is 0 Å². The molecule has 0 atom stereocenters. The predicted octanol–water partition coefficient (Wildman–Crippen LogP) is 3.36. The molecular weight excluding hydrogens is 422 g/mol. The summed E-state index contributed by atoms with van der Waals surface area (Å²) in [7, 11) is 0. The van der Waals surface area contributed by atoms with E-state index < -0.39 is 11.8 Å². The highest BCUT2D eigenvalue weighted by molar-refractivity contribution is 7.09. The van der Waals surface area contributed by atoms with Crippen LogP contribution >= 0.6 is 11.3 Å². The summed E-state index contributed by atoms with van der Waals surface area (Å²) in [5, 5.41) is 2.62. The van der Waals surface area contributed by atoms with E-state index in [1.54, 1.807) is 0 Å². The number of rotatable bonds is 5. The summed E-state index contributed by atoms with van der Waals surface area (Å²) in [6, 6.07) is 16.8. The quantitative estimate of drug-likeness (QED) is 0.481. The molecule has 0 radical (unpaired) electrons. The van der Waals surface area contributed by atoms with Crippen LogP contribution in [0.3, 0.4) is 0 Å². The highest BCUT2D eigenvalue weighted by Crippen LogP contribution is 2.24. The third kappa shape index (κ3) is 5.11. The predicted molar refractivity (Wildman–Crippen MR) is 123 cm³/mol. The van der Waals surface area contributed by atoms with Gasteiger partial charge in [-0.1, -0.05) is 60.2 Å². The number of Topliss-reactive ketones (excluding diaryl/α,β-unsaturated/α-hetero) is 1. The van der Waals surface area contributed by atoms with Crippen molar-refractivity contribution in [2.45, 2.75) is 45.7 Å². The molecule has 0 bridgehead atoms. The maximum atomic E-state index is 12.9. The van der Waals surface area contributed by atoms with Gasteiger partial charge in [-0.25, -0.2) is 0 Å². The highest BCUT2D eigenvalue weighted by atomic mass is 32.1. The van der Waals surface area contributed by atoms with Crippen LogP contribution in [0.25, 0.3) is 0 Å². The van der Waals surface area contributed by atoms with Gasteiger partial charge in [-0.3, -0.25) is 14.4 Å². The van der Waals surface area contributed by atoms with E-state index in [4.69, 9.17) is 0 Å². The number of nitrogens with one attached hydrogen (secondary N) is 1. The number of nitrogens with zero attached hydrogens (tertiary/aromatic N) is 2. The normalized spacial score (nSPS) is 13.5. The van der Waals surface area contributed by atoms with Gasteiger partial charge in [-0.05, 0) is 38.2 Å². The van der Waals surface area contributed by atoms with Crippen molar-refractivity contribution < 1.29 is 14.4 Å². The van der Waals surface area contributed by atoms with Gasteiger partial charge in [0.15, 0.2) is 10.6 Å². The van der Waals surface area contributed by atoms with Crippen LogP contribution in [0.1, 0.15) is 44.9 Å². The van der Waals surface area contributed by atoms with Crippen LogP contribution in [0.4, 0.5) is 0 Å². The van der Waals surface area contributed by atoms with Gasteiger partial charge in [0, 0.05) is 22.7 Å². The van der Waals surface area contributed by atoms with Gasteiger partial charge < -0.3 is 9.88 Å². The van der Waals surface area contributed by atoms with Crippen LogP contribution in [0.5, 0.6) is 0 Å². The van der Waals surface area contributed by atoms with Crippen LogP contribution < -0.4 is 10.1 Å². The van der Waals surface area contributed by atoms with Crippen LogP contribution in [0.2, 0.25) is 0 Å². The number of aromatic nitrogens is 1. The zero-order valence-electron chi connectivity index (χ0n) is 18.0. The third-order valence-electron chi connectivity index (χ3n) is 5.52. The molecule has 1 N–H and O–H groups in total. The molecule has 2 aromatic carbocycles. The highest BCUT2D eigenvalue weighted by Gasteiger charge is 2.21. The Morgan fingerprint density at radius 2 is 1.72 bits per heavy atom. The lowest BCUT2D eigenvalue weighted by Crippen LogP contribution is -2.32. The SMILES string of the molecule is Cc1ccc(C(=O)Cn2c3c(sc2=NC(=O)C(=O)NCc2ccccc2)CCCC3)cc1.